The Bertz CT molecular complexity index is 1090. The van der Waals surface area contributed by atoms with Crippen molar-refractivity contribution in [3.63, 3.8) is 0 Å². The van der Waals surface area contributed by atoms with Gasteiger partial charge in [-0.1, -0.05) is 22.9 Å². The molecule has 1 aromatic carbocycles. The summed E-state index contributed by atoms with van der Waals surface area (Å²) in [5.41, 5.74) is 2.93. The molecular formula is C19H19BrN4O3S. The molecule has 0 radical (unpaired) electrons. The van der Waals surface area contributed by atoms with Crippen LogP contribution in [0.4, 0.5) is 0 Å². The van der Waals surface area contributed by atoms with Gasteiger partial charge in [0.05, 0.1) is 24.5 Å². The maximum absolute atomic E-state index is 12.5. The zero-order valence-corrected chi connectivity index (χ0v) is 17.8. The van der Waals surface area contributed by atoms with Crippen molar-refractivity contribution in [2.75, 3.05) is 6.61 Å². The maximum Gasteiger partial charge on any atom is 0.262 e. The second-order valence-corrected chi connectivity index (χ2v) is 7.90. The number of hydrogen-bond donors (Lipinski definition) is 1. The molecule has 0 aliphatic carbocycles. The van der Waals surface area contributed by atoms with Crippen LogP contribution in [0.1, 0.15) is 24.3 Å². The van der Waals surface area contributed by atoms with E-state index in [4.69, 9.17) is 4.74 Å². The Balaban J connectivity index is 1.70. The lowest BCUT2D eigenvalue weighted by Gasteiger charge is -2.07. The average molecular weight is 463 g/mol. The molecule has 7 nitrogen and oxygen atoms in total. The minimum atomic E-state index is -0.418. The lowest BCUT2D eigenvalue weighted by Crippen LogP contribution is -2.29. The Morgan fingerprint density at radius 2 is 2.21 bits per heavy atom. The Labute approximate surface area is 174 Å². The molecule has 0 saturated heterocycles. The van der Waals surface area contributed by atoms with E-state index in [-0.39, 0.29) is 12.1 Å². The van der Waals surface area contributed by atoms with Crippen LogP contribution < -0.4 is 15.7 Å². The third-order valence-electron chi connectivity index (χ3n) is 3.90. The molecule has 0 aliphatic heterocycles. The fraction of sp³-hybridized carbons (Fsp3) is 0.263. The van der Waals surface area contributed by atoms with Gasteiger partial charge in [0.1, 0.15) is 17.1 Å². The van der Waals surface area contributed by atoms with Crippen molar-refractivity contribution in [2.24, 2.45) is 5.10 Å². The van der Waals surface area contributed by atoms with Crippen LogP contribution in [0.5, 0.6) is 5.75 Å². The Morgan fingerprint density at radius 3 is 2.96 bits per heavy atom. The van der Waals surface area contributed by atoms with Crippen LogP contribution in [0.15, 0.2) is 45.0 Å². The fourth-order valence-corrected chi connectivity index (χ4v) is 3.87. The third kappa shape index (κ3) is 4.66. The molecule has 3 aromatic rings. The topological polar surface area (TPSA) is 85.6 Å². The average Bonchev–Trinajstić information content (AvgIpc) is 3.10. The summed E-state index contributed by atoms with van der Waals surface area (Å²) >= 11 is 4.89. The lowest BCUT2D eigenvalue weighted by atomic mass is 10.2. The molecule has 2 aromatic heterocycles. The molecule has 0 spiro atoms. The highest BCUT2D eigenvalue weighted by molar-refractivity contribution is 9.10. The number of thiophene rings is 1. The van der Waals surface area contributed by atoms with Crippen molar-refractivity contribution in [1.29, 1.82) is 0 Å². The molecule has 28 heavy (non-hydrogen) atoms. The number of hydrazone groups is 1. The van der Waals surface area contributed by atoms with Crippen molar-refractivity contribution >= 4 is 49.6 Å². The van der Waals surface area contributed by atoms with Crippen LogP contribution in [-0.4, -0.2) is 28.3 Å². The van der Waals surface area contributed by atoms with Gasteiger partial charge in [-0.3, -0.25) is 14.2 Å². The van der Waals surface area contributed by atoms with Gasteiger partial charge >= 0.3 is 0 Å². The number of nitrogens with one attached hydrogen (secondary N) is 1. The summed E-state index contributed by atoms with van der Waals surface area (Å²) in [7, 11) is 0. The number of carbonyl (C=O) groups is 1. The first kappa shape index (κ1) is 20.2. The summed E-state index contributed by atoms with van der Waals surface area (Å²) in [6.45, 7) is 4.28. The van der Waals surface area contributed by atoms with Crippen LogP contribution in [-0.2, 0) is 17.8 Å². The van der Waals surface area contributed by atoms with E-state index < -0.39 is 5.91 Å². The quantitative estimate of drug-likeness (QED) is 0.430. The van der Waals surface area contributed by atoms with Crippen LogP contribution in [0.3, 0.4) is 0 Å². The van der Waals surface area contributed by atoms with Gasteiger partial charge in [-0.25, -0.2) is 10.4 Å². The molecule has 1 amide bonds. The van der Waals surface area contributed by atoms with Crippen LogP contribution in [0.2, 0.25) is 0 Å². The third-order valence-corrected chi connectivity index (χ3v) is 5.58. The number of hydrogen-bond acceptors (Lipinski definition) is 6. The van der Waals surface area contributed by atoms with E-state index in [1.165, 1.54) is 28.4 Å². The first-order valence-electron chi connectivity index (χ1n) is 8.74. The summed E-state index contributed by atoms with van der Waals surface area (Å²) in [6.07, 6.45) is 3.74. The number of fused-ring (bicyclic) bond motifs is 1. The second-order valence-electron chi connectivity index (χ2n) is 5.87. The molecule has 0 saturated carbocycles. The molecule has 9 heteroatoms. The van der Waals surface area contributed by atoms with Gasteiger partial charge in [0.2, 0.25) is 0 Å². The van der Waals surface area contributed by atoms with Gasteiger partial charge in [-0.2, -0.15) is 5.10 Å². The number of benzene rings is 1. The Kier molecular flexibility index (Phi) is 6.58. The number of amides is 1. The zero-order chi connectivity index (χ0) is 20.1. The van der Waals surface area contributed by atoms with Gasteiger partial charge in [-0.15, -0.1) is 11.3 Å². The fourth-order valence-electron chi connectivity index (χ4n) is 2.57. The maximum atomic E-state index is 12.5. The van der Waals surface area contributed by atoms with Crippen LogP contribution in [0, 0.1) is 0 Å². The molecule has 1 N–H and O–H groups in total. The summed E-state index contributed by atoms with van der Waals surface area (Å²) in [4.78, 5) is 30.8. The summed E-state index contributed by atoms with van der Waals surface area (Å²) < 4.78 is 7.69. The number of aryl methyl sites for hydroxylation is 1. The Morgan fingerprint density at radius 1 is 1.39 bits per heavy atom. The molecule has 3 rings (SSSR count). The van der Waals surface area contributed by atoms with Crippen molar-refractivity contribution in [2.45, 2.75) is 26.8 Å². The highest BCUT2D eigenvalue weighted by atomic mass is 79.9. The number of rotatable bonds is 7. The molecule has 2 heterocycles. The van der Waals surface area contributed by atoms with E-state index in [0.29, 0.717) is 22.6 Å². The molecule has 0 atom stereocenters. The number of carbonyl (C=O) groups excluding carboxylic acids is 1. The van der Waals surface area contributed by atoms with Gasteiger partial charge < -0.3 is 4.74 Å². The minimum absolute atomic E-state index is 0.160. The van der Waals surface area contributed by atoms with Crippen LogP contribution in [0.25, 0.3) is 10.2 Å². The van der Waals surface area contributed by atoms with Gasteiger partial charge in [0, 0.05) is 14.9 Å². The monoisotopic (exact) mass is 462 g/mol. The lowest BCUT2D eigenvalue weighted by molar-refractivity contribution is -0.121. The Hall–Kier alpha value is -2.52. The smallest absolute Gasteiger partial charge is 0.262 e. The van der Waals surface area contributed by atoms with E-state index in [0.717, 1.165) is 21.3 Å². The molecule has 0 aliphatic rings. The summed E-state index contributed by atoms with van der Waals surface area (Å²) in [6, 6.07) is 7.36. The first-order chi connectivity index (χ1) is 13.5. The van der Waals surface area contributed by atoms with E-state index in [1.807, 2.05) is 38.1 Å². The predicted octanol–water partition coefficient (Wildman–Crippen LogP) is 3.33. The van der Waals surface area contributed by atoms with Crippen molar-refractivity contribution in [3.8, 4) is 5.75 Å². The number of halogens is 1. The zero-order valence-electron chi connectivity index (χ0n) is 15.4. The number of nitrogens with zero attached hydrogens (tertiary/aromatic N) is 3. The predicted molar refractivity (Wildman–Crippen MR) is 114 cm³/mol. The molecule has 146 valence electrons. The van der Waals surface area contributed by atoms with Crippen LogP contribution >= 0.6 is 27.3 Å². The molecule has 0 bridgehead atoms. The van der Waals surface area contributed by atoms with Gasteiger partial charge in [0.25, 0.3) is 11.5 Å². The van der Waals surface area contributed by atoms with Gasteiger partial charge in [-0.05, 0) is 37.6 Å². The second kappa shape index (κ2) is 9.11. The van der Waals surface area contributed by atoms with E-state index in [1.54, 1.807) is 0 Å². The summed E-state index contributed by atoms with van der Waals surface area (Å²) in [5.74, 6) is 0.247. The van der Waals surface area contributed by atoms with Crippen molar-refractivity contribution in [1.82, 2.24) is 15.0 Å². The van der Waals surface area contributed by atoms with Crippen molar-refractivity contribution in [3.05, 3.63) is 55.9 Å². The first-order valence-corrected chi connectivity index (χ1v) is 10.3. The number of aromatic nitrogens is 2. The van der Waals surface area contributed by atoms with Crippen molar-refractivity contribution < 1.29 is 9.53 Å². The normalized spacial score (nSPS) is 11.2. The highest BCUT2D eigenvalue weighted by Gasteiger charge is 2.10. The van der Waals surface area contributed by atoms with E-state index in [9.17, 15) is 9.59 Å². The van der Waals surface area contributed by atoms with Gasteiger partial charge in [0.15, 0.2) is 0 Å². The summed E-state index contributed by atoms with van der Waals surface area (Å²) in [5, 5.41) is 4.51. The van der Waals surface area contributed by atoms with E-state index in [2.05, 4.69) is 31.4 Å². The standard InChI is InChI=1S/C19H19BrN4O3S/c1-3-14-8-15-18(28-14)21-11-24(19(15)26)10-17(25)23-22-9-12-7-13(20)5-6-16(12)27-4-2/h5-9,11H,3-4,10H2,1-2H3,(H,23,25)/b22-9-. The molecule has 0 unspecified atom stereocenters. The largest absolute Gasteiger partial charge is 0.493 e. The number of ether oxygens (including phenoxy) is 1. The SMILES string of the molecule is CCOc1ccc(Br)cc1/C=N\NC(=O)Cn1cnc2sc(CC)cc2c1=O. The molecule has 0 fully saturated rings. The minimum Gasteiger partial charge on any atom is -0.493 e. The van der Waals surface area contributed by atoms with E-state index >= 15 is 0 Å². The highest BCUT2D eigenvalue weighted by Crippen LogP contribution is 2.22. The molecular weight excluding hydrogens is 444 g/mol.